The van der Waals surface area contributed by atoms with Gasteiger partial charge >= 0.3 is 6.18 Å². The third kappa shape index (κ3) is 4.57. The SMILES string of the molecule is FC(F)(F)c1ccc(Oc2ccc(CCNc3ncnc4nccnc34)cc2)nn1. The molecule has 0 saturated heterocycles. The van der Waals surface area contributed by atoms with Crippen LogP contribution in [0.25, 0.3) is 11.2 Å². The maximum atomic E-state index is 12.5. The molecule has 0 atom stereocenters. The first-order chi connectivity index (χ1) is 14.5. The molecular weight excluding hydrogens is 399 g/mol. The fourth-order valence-corrected chi connectivity index (χ4v) is 2.62. The minimum atomic E-state index is -4.54. The smallest absolute Gasteiger partial charge is 0.435 e. The number of nitrogens with zero attached hydrogens (tertiary/aromatic N) is 6. The summed E-state index contributed by atoms with van der Waals surface area (Å²) in [5.41, 5.74) is 1.07. The largest absolute Gasteiger partial charge is 0.438 e. The zero-order chi connectivity index (χ0) is 21.0. The number of anilines is 1. The fourth-order valence-electron chi connectivity index (χ4n) is 2.62. The molecule has 1 N–H and O–H groups in total. The van der Waals surface area contributed by atoms with Crippen LogP contribution in [0.4, 0.5) is 19.0 Å². The van der Waals surface area contributed by atoms with E-state index in [0.29, 0.717) is 35.7 Å². The maximum Gasteiger partial charge on any atom is 0.435 e. The van der Waals surface area contributed by atoms with Gasteiger partial charge in [-0.15, -0.1) is 10.2 Å². The molecule has 0 saturated carbocycles. The molecule has 11 heteroatoms. The minimum absolute atomic E-state index is 0.0193. The monoisotopic (exact) mass is 413 g/mol. The third-order valence-corrected chi connectivity index (χ3v) is 4.05. The average Bonchev–Trinajstić information content (AvgIpc) is 2.75. The van der Waals surface area contributed by atoms with E-state index in [-0.39, 0.29) is 5.88 Å². The quantitative estimate of drug-likeness (QED) is 0.511. The van der Waals surface area contributed by atoms with Gasteiger partial charge in [-0.3, -0.25) is 0 Å². The van der Waals surface area contributed by atoms with Crippen LogP contribution in [-0.4, -0.2) is 36.7 Å². The second kappa shape index (κ2) is 8.23. The molecule has 0 radical (unpaired) electrons. The van der Waals surface area contributed by atoms with E-state index < -0.39 is 11.9 Å². The Balaban J connectivity index is 1.33. The number of benzene rings is 1. The number of fused-ring (bicyclic) bond motifs is 1. The predicted molar refractivity (Wildman–Crippen MR) is 101 cm³/mol. The molecule has 0 bridgehead atoms. The summed E-state index contributed by atoms with van der Waals surface area (Å²) in [5.74, 6) is 1.03. The van der Waals surface area contributed by atoms with E-state index in [9.17, 15) is 13.2 Å². The second-order valence-electron chi connectivity index (χ2n) is 6.13. The van der Waals surface area contributed by atoms with Crippen LogP contribution in [0.2, 0.25) is 0 Å². The molecule has 0 aliphatic rings. The third-order valence-electron chi connectivity index (χ3n) is 4.05. The van der Waals surface area contributed by atoms with Crippen LogP contribution in [-0.2, 0) is 12.6 Å². The zero-order valence-corrected chi connectivity index (χ0v) is 15.3. The Morgan fingerprint density at radius 1 is 0.867 bits per heavy atom. The number of nitrogens with one attached hydrogen (secondary N) is 1. The summed E-state index contributed by atoms with van der Waals surface area (Å²) in [5, 5.41) is 9.78. The Kier molecular flexibility index (Phi) is 5.33. The number of hydrogen-bond donors (Lipinski definition) is 1. The van der Waals surface area contributed by atoms with Crippen molar-refractivity contribution in [3.8, 4) is 11.6 Å². The van der Waals surface area contributed by atoms with E-state index >= 15 is 0 Å². The summed E-state index contributed by atoms with van der Waals surface area (Å²) < 4.78 is 43.0. The summed E-state index contributed by atoms with van der Waals surface area (Å²) in [6.07, 6.45) is 0.739. The van der Waals surface area contributed by atoms with E-state index in [1.807, 2.05) is 12.1 Å². The molecular formula is C19H14F3N7O. The topological polar surface area (TPSA) is 98.6 Å². The van der Waals surface area contributed by atoms with E-state index in [2.05, 4.69) is 35.5 Å². The van der Waals surface area contributed by atoms with Gasteiger partial charge in [0.1, 0.15) is 17.6 Å². The summed E-state index contributed by atoms with van der Waals surface area (Å²) in [4.78, 5) is 16.6. The van der Waals surface area contributed by atoms with Crippen molar-refractivity contribution in [3.63, 3.8) is 0 Å². The van der Waals surface area contributed by atoms with E-state index in [1.54, 1.807) is 24.5 Å². The van der Waals surface area contributed by atoms with Gasteiger partial charge in [0.25, 0.3) is 0 Å². The van der Waals surface area contributed by atoms with Crippen LogP contribution in [0.3, 0.4) is 0 Å². The average molecular weight is 413 g/mol. The highest BCUT2D eigenvalue weighted by molar-refractivity contribution is 5.81. The van der Waals surface area contributed by atoms with Gasteiger partial charge in [0.2, 0.25) is 5.88 Å². The van der Waals surface area contributed by atoms with Crippen molar-refractivity contribution in [1.29, 1.82) is 0 Å². The van der Waals surface area contributed by atoms with E-state index in [4.69, 9.17) is 4.74 Å². The fraction of sp³-hybridized carbons (Fsp3) is 0.158. The van der Waals surface area contributed by atoms with Gasteiger partial charge < -0.3 is 10.1 Å². The molecule has 1 aromatic carbocycles. The maximum absolute atomic E-state index is 12.5. The van der Waals surface area contributed by atoms with Crippen molar-refractivity contribution in [3.05, 3.63) is 66.4 Å². The van der Waals surface area contributed by atoms with Crippen molar-refractivity contribution >= 4 is 17.0 Å². The lowest BCUT2D eigenvalue weighted by Gasteiger charge is -2.09. The van der Waals surface area contributed by atoms with Gasteiger partial charge in [0.05, 0.1) is 0 Å². The number of hydrogen-bond acceptors (Lipinski definition) is 8. The Morgan fingerprint density at radius 3 is 2.40 bits per heavy atom. The lowest BCUT2D eigenvalue weighted by Crippen LogP contribution is -2.09. The van der Waals surface area contributed by atoms with Crippen LogP contribution < -0.4 is 10.1 Å². The Hall–Kier alpha value is -3.89. The van der Waals surface area contributed by atoms with Crippen LogP contribution >= 0.6 is 0 Å². The van der Waals surface area contributed by atoms with Crippen LogP contribution in [0, 0.1) is 0 Å². The van der Waals surface area contributed by atoms with E-state index in [0.717, 1.165) is 17.7 Å². The molecule has 4 rings (SSSR count). The number of aromatic nitrogens is 6. The normalized spacial score (nSPS) is 11.4. The van der Waals surface area contributed by atoms with Crippen molar-refractivity contribution < 1.29 is 17.9 Å². The van der Waals surface area contributed by atoms with Gasteiger partial charge in [-0.25, -0.2) is 19.9 Å². The molecule has 3 heterocycles. The highest BCUT2D eigenvalue weighted by Crippen LogP contribution is 2.28. The summed E-state index contributed by atoms with van der Waals surface area (Å²) in [6.45, 7) is 0.604. The number of alkyl halides is 3. The minimum Gasteiger partial charge on any atom is -0.438 e. The first kappa shape index (κ1) is 19.4. The molecule has 0 amide bonds. The van der Waals surface area contributed by atoms with Crippen LogP contribution in [0.15, 0.2) is 55.1 Å². The standard InChI is InChI=1S/C19H14F3N7O/c20-19(21,22)14-5-6-15(29-28-14)30-13-3-1-12(2-4-13)7-8-24-17-16-18(27-11-26-17)25-10-9-23-16/h1-6,9-11H,7-8H2,(H,24,25,26,27). The molecule has 0 aliphatic carbocycles. The van der Waals surface area contributed by atoms with Crippen molar-refractivity contribution in [2.24, 2.45) is 0 Å². The molecule has 152 valence electrons. The van der Waals surface area contributed by atoms with Crippen molar-refractivity contribution in [2.75, 3.05) is 11.9 Å². The summed E-state index contributed by atoms with van der Waals surface area (Å²) >= 11 is 0. The number of rotatable bonds is 6. The molecule has 0 unspecified atom stereocenters. The lowest BCUT2D eigenvalue weighted by atomic mass is 10.1. The molecule has 0 fully saturated rings. The molecule has 0 aliphatic heterocycles. The lowest BCUT2D eigenvalue weighted by molar-refractivity contribution is -0.141. The first-order valence-electron chi connectivity index (χ1n) is 8.82. The zero-order valence-electron chi connectivity index (χ0n) is 15.3. The van der Waals surface area contributed by atoms with Gasteiger partial charge in [0, 0.05) is 25.0 Å². The second-order valence-corrected chi connectivity index (χ2v) is 6.13. The van der Waals surface area contributed by atoms with Gasteiger partial charge in [-0.05, 0) is 30.2 Å². The molecule has 8 nitrogen and oxygen atoms in total. The highest BCUT2D eigenvalue weighted by atomic mass is 19.4. The van der Waals surface area contributed by atoms with Crippen molar-refractivity contribution in [2.45, 2.75) is 12.6 Å². The van der Waals surface area contributed by atoms with Crippen LogP contribution in [0.5, 0.6) is 11.6 Å². The van der Waals surface area contributed by atoms with Crippen LogP contribution in [0.1, 0.15) is 11.3 Å². The summed E-state index contributed by atoms with van der Waals surface area (Å²) in [7, 11) is 0. The van der Waals surface area contributed by atoms with Gasteiger partial charge in [-0.2, -0.15) is 13.2 Å². The highest BCUT2D eigenvalue weighted by Gasteiger charge is 2.32. The molecule has 3 aromatic heterocycles. The first-order valence-corrected chi connectivity index (χ1v) is 8.82. The predicted octanol–water partition coefficient (Wildman–Crippen LogP) is 3.68. The Labute approximate surface area is 168 Å². The Bertz CT molecular complexity index is 1130. The molecule has 30 heavy (non-hydrogen) atoms. The van der Waals surface area contributed by atoms with Crippen molar-refractivity contribution in [1.82, 2.24) is 30.1 Å². The van der Waals surface area contributed by atoms with E-state index in [1.165, 1.54) is 6.33 Å². The van der Waals surface area contributed by atoms with Gasteiger partial charge in [0.15, 0.2) is 17.2 Å². The molecule has 4 aromatic rings. The number of halogens is 3. The number of ether oxygens (including phenoxy) is 1. The molecule has 0 spiro atoms. The summed E-state index contributed by atoms with van der Waals surface area (Å²) in [6, 6.07) is 9.07. The van der Waals surface area contributed by atoms with Gasteiger partial charge in [-0.1, -0.05) is 12.1 Å². The Morgan fingerprint density at radius 2 is 1.67 bits per heavy atom.